The van der Waals surface area contributed by atoms with Gasteiger partial charge in [-0.25, -0.2) is 0 Å². The summed E-state index contributed by atoms with van der Waals surface area (Å²) in [7, 11) is 2.49. The Bertz CT molecular complexity index is 850. The molecule has 0 amide bonds. The minimum Gasteiger partial charge on any atom is -0.468 e. The van der Waals surface area contributed by atoms with Crippen molar-refractivity contribution >= 4 is 23.3 Å². The molecule has 0 aliphatic heterocycles. The smallest absolute Gasteiger partial charge is 0.323 e. The summed E-state index contributed by atoms with van der Waals surface area (Å²) in [5.74, 6) is -1.39. The van der Waals surface area contributed by atoms with Gasteiger partial charge in [-0.15, -0.1) is 0 Å². The molecule has 0 unspecified atom stereocenters. The van der Waals surface area contributed by atoms with Gasteiger partial charge in [-0.2, -0.15) is 0 Å². The van der Waals surface area contributed by atoms with Crippen LogP contribution in [0.15, 0.2) is 61.2 Å². The first-order chi connectivity index (χ1) is 13.3. The normalized spacial score (nSPS) is 10.8. The van der Waals surface area contributed by atoms with E-state index in [-0.39, 0.29) is 18.6 Å². The summed E-state index contributed by atoms with van der Waals surface area (Å²) in [4.78, 5) is 37.0. The topological polar surface area (TPSA) is 69.7 Å². The lowest BCUT2D eigenvalue weighted by Gasteiger charge is -2.29. The molecule has 0 heterocycles. The van der Waals surface area contributed by atoms with E-state index in [1.165, 1.54) is 21.1 Å². The molecule has 28 heavy (non-hydrogen) atoms. The molecule has 146 valence electrons. The molecular formula is C23H24O5. The van der Waals surface area contributed by atoms with Gasteiger partial charge in [0.1, 0.15) is 0 Å². The van der Waals surface area contributed by atoms with E-state index in [0.717, 1.165) is 11.1 Å². The molecule has 2 aromatic rings. The molecule has 2 rings (SSSR count). The van der Waals surface area contributed by atoms with Crippen LogP contribution in [0.5, 0.6) is 0 Å². The lowest BCUT2D eigenvalue weighted by molar-refractivity contribution is -0.168. The van der Waals surface area contributed by atoms with Gasteiger partial charge in [0.15, 0.2) is 11.2 Å². The highest BCUT2D eigenvalue weighted by Crippen LogP contribution is 2.36. The van der Waals surface area contributed by atoms with Gasteiger partial charge in [0.05, 0.1) is 14.2 Å². The van der Waals surface area contributed by atoms with E-state index in [4.69, 9.17) is 9.47 Å². The molecule has 2 aromatic carbocycles. The SMILES string of the molecule is C=C(CC(Cc1ccccc1)(C(=O)OC)C(=O)OC)c1ccc(C(C)=O)cc1. The van der Waals surface area contributed by atoms with Crippen molar-refractivity contribution in [2.45, 2.75) is 19.8 Å². The molecule has 0 fully saturated rings. The van der Waals surface area contributed by atoms with Crippen molar-refractivity contribution in [3.05, 3.63) is 77.9 Å². The van der Waals surface area contributed by atoms with E-state index in [1.54, 1.807) is 24.3 Å². The Kier molecular flexibility index (Phi) is 6.88. The minimum atomic E-state index is -1.55. The van der Waals surface area contributed by atoms with Crippen LogP contribution in [0, 0.1) is 5.41 Å². The molecule has 0 aliphatic carbocycles. The number of esters is 2. The van der Waals surface area contributed by atoms with Gasteiger partial charge in [-0.3, -0.25) is 14.4 Å². The molecule has 0 bridgehead atoms. The third-order valence-electron chi connectivity index (χ3n) is 4.72. The molecule has 0 aliphatic rings. The Labute approximate surface area is 165 Å². The second-order valence-corrected chi connectivity index (χ2v) is 6.64. The summed E-state index contributed by atoms with van der Waals surface area (Å²) in [6.07, 6.45) is 0.151. The minimum absolute atomic E-state index is 0.0284. The number of benzene rings is 2. The summed E-state index contributed by atoms with van der Waals surface area (Å²) < 4.78 is 9.95. The van der Waals surface area contributed by atoms with Gasteiger partial charge < -0.3 is 9.47 Å². The average molecular weight is 380 g/mol. The Hall–Kier alpha value is -3.21. The molecule has 5 nitrogen and oxygen atoms in total. The third kappa shape index (κ3) is 4.55. The largest absolute Gasteiger partial charge is 0.468 e. The quantitative estimate of drug-likeness (QED) is 0.395. The van der Waals surface area contributed by atoms with Gasteiger partial charge in [0.25, 0.3) is 0 Å². The zero-order valence-corrected chi connectivity index (χ0v) is 16.4. The predicted octanol–water partition coefficient (Wildman–Crippen LogP) is 3.87. The van der Waals surface area contributed by atoms with Crippen LogP contribution in [0.2, 0.25) is 0 Å². The first-order valence-corrected chi connectivity index (χ1v) is 8.84. The average Bonchev–Trinajstić information content (AvgIpc) is 2.72. The second-order valence-electron chi connectivity index (χ2n) is 6.64. The highest BCUT2D eigenvalue weighted by Gasteiger charge is 2.48. The molecule has 0 spiro atoms. The number of carbonyl (C=O) groups excluding carboxylic acids is 3. The van der Waals surface area contributed by atoms with Gasteiger partial charge >= 0.3 is 11.9 Å². The maximum absolute atomic E-state index is 12.7. The van der Waals surface area contributed by atoms with Gasteiger partial charge in [-0.1, -0.05) is 61.2 Å². The summed E-state index contributed by atoms with van der Waals surface area (Å²) in [6, 6.07) is 16.1. The van der Waals surface area contributed by atoms with Crippen molar-refractivity contribution < 1.29 is 23.9 Å². The summed E-state index contributed by atoms with van der Waals surface area (Å²) >= 11 is 0. The third-order valence-corrected chi connectivity index (χ3v) is 4.72. The molecule has 0 saturated carbocycles. The van der Waals surface area contributed by atoms with Crippen molar-refractivity contribution in [1.82, 2.24) is 0 Å². The van der Waals surface area contributed by atoms with E-state index >= 15 is 0 Å². The number of hydrogen-bond acceptors (Lipinski definition) is 5. The van der Waals surface area contributed by atoms with Crippen molar-refractivity contribution in [1.29, 1.82) is 0 Å². The molecule has 0 radical (unpaired) electrons. The first-order valence-electron chi connectivity index (χ1n) is 8.84. The highest BCUT2D eigenvalue weighted by atomic mass is 16.5. The van der Waals surface area contributed by atoms with Crippen LogP contribution < -0.4 is 0 Å². The van der Waals surface area contributed by atoms with Crippen LogP contribution in [-0.4, -0.2) is 31.9 Å². The molecular weight excluding hydrogens is 356 g/mol. The zero-order valence-electron chi connectivity index (χ0n) is 16.4. The van der Waals surface area contributed by atoms with Crippen molar-refractivity contribution in [2.75, 3.05) is 14.2 Å². The Morgan fingerprint density at radius 3 is 1.82 bits per heavy atom. The van der Waals surface area contributed by atoms with Crippen LogP contribution in [0.4, 0.5) is 0 Å². The van der Waals surface area contributed by atoms with E-state index in [2.05, 4.69) is 6.58 Å². The number of rotatable bonds is 8. The maximum Gasteiger partial charge on any atom is 0.323 e. The molecule has 0 saturated heterocycles. The van der Waals surface area contributed by atoms with Crippen LogP contribution in [-0.2, 0) is 25.5 Å². The zero-order chi connectivity index (χ0) is 20.7. The van der Waals surface area contributed by atoms with E-state index in [0.29, 0.717) is 11.1 Å². The molecule has 0 N–H and O–H groups in total. The van der Waals surface area contributed by atoms with Crippen LogP contribution in [0.1, 0.15) is 34.8 Å². The van der Waals surface area contributed by atoms with E-state index in [9.17, 15) is 14.4 Å². The predicted molar refractivity (Wildman–Crippen MR) is 107 cm³/mol. The van der Waals surface area contributed by atoms with E-state index in [1.807, 2.05) is 30.3 Å². The van der Waals surface area contributed by atoms with Gasteiger partial charge in [-0.05, 0) is 36.5 Å². The van der Waals surface area contributed by atoms with Gasteiger partial charge in [0, 0.05) is 5.56 Å². The van der Waals surface area contributed by atoms with Crippen molar-refractivity contribution in [3.63, 3.8) is 0 Å². The maximum atomic E-state index is 12.7. The van der Waals surface area contributed by atoms with E-state index < -0.39 is 17.4 Å². The van der Waals surface area contributed by atoms with Gasteiger partial charge in [0.2, 0.25) is 0 Å². The fourth-order valence-corrected chi connectivity index (χ4v) is 3.18. The van der Waals surface area contributed by atoms with Crippen molar-refractivity contribution in [3.8, 4) is 0 Å². The van der Waals surface area contributed by atoms with Crippen LogP contribution >= 0.6 is 0 Å². The van der Waals surface area contributed by atoms with Crippen LogP contribution in [0.25, 0.3) is 5.57 Å². The monoisotopic (exact) mass is 380 g/mol. The Morgan fingerprint density at radius 1 is 0.857 bits per heavy atom. The summed E-state index contributed by atoms with van der Waals surface area (Å²) in [6.45, 7) is 5.55. The summed E-state index contributed by atoms with van der Waals surface area (Å²) in [5, 5.41) is 0. The highest BCUT2D eigenvalue weighted by molar-refractivity contribution is 6.02. The first kappa shape index (κ1) is 21.1. The lowest BCUT2D eigenvalue weighted by atomic mass is 9.75. The number of hydrogen-bond donors (Lipinski definition) is 0. The fourth-order valence-electron chi connectivity index (χ4n) is 3.18. The molecule has 0 atom stereocenters. The molecule has 5 heteroatoms. The fraction of sp³-hybridized carbons (Fsp3) is 0.261. The number of carbonyl (C=O) groups is 3. The standard InChI is InChI=1S/C23H24O5/c1-16(19-10-12-20(13-11-19)17(2)24)14-23(21(25)27-3,22(26)28-4)15-18-8-6-5-7-9-18/h5-13H,1,14-15H2,2-4H3. The number of methoxy groups -OCH3 is 2. The Balaban J connectivity index is 2.42. The molecule has 0 aromatic heterocycles. The number of allylic oxidation sites excluding steroid dienone is 1. The summed E-state index contributed by atoms with van der Waals surface area (Å²) in [5.41, 5.74) is 1.13. The van der Waals surface area contributed by atoms with Crippen molar-refractivity contribution in [2.24, 2.45) is 5.41 Å². The lowest BCUT2D eigenvalue weighted by Crippen LogP contribution is -2.43. The number of Topliss-reactive ketones (excluding diaryl/α,β-unsaturated/α-hetero) is 1. The second kappa shape index (κ2) is 9.13. The number of ketones is 1. The Morgan fingerprint density at radius 2 is 1.36 bits per heavy atom. The van der Waals surface area contributed by atoms with Crippen LogP contribution in [0.3, 0.4) is 0 Å². The number of ether oxygens (including phenoxy) is 2.